The van der Waals surface area contributed by atoms with Crippen molar-refractivity contribution in [2.24, 2.45) is 5.92 Å². The summed E-state index contributed by atoms with van der Waals surface area (Å²) in [6, 6.07) is 0.428. The van der Waals surface area contributed by atoms with E-state index in [9.17, 15) is 4.79 Å². The Bertz CT molecular complexity index is 561. The quantitative estimate of drug-likeness (QED) is 0.828. The van der Waals surface area contributed by atoms with Gasteiger partial charge in [0.2, 0.25) is 5.76 Å². The van der Waals surface area contributed by atoms with Gasteiger partial charge in [0.15, 0.2) is 5.89 Å². The van der Waals surface area contributed by atoms with Gasteiger partial charge in [-0.2, -0.15) is 0 Å². The van der Waals surface area contributed by atoms with Crippen molar-refractivity contribution in [2.75, 3.05) is 6.54 Å². The van der Waals surface area contributed by atoms with E-state index < -0.39 is 0 Å². The number of aryl methyl sites for hydroxylation is 1. The summed E-state index contributed by atoms with van der Waals surface area (Å²) in [5, 5.41) is 0. The molecular formula is C18H26N2O2. The molecule has 1 amide bonds. The lowest BCUT2D eigenvalue weighted by molar-refractivity contribution is 0.0535. The molecule has 120 valence electrons. The first-order valence-electron chi connectivity index (χ1n) is 9.02. The molecule has 2 atom stereocenters. The van der Waals surface area contributed by atoms with Crippen LogP contribution in [0.4, 0.5) is 0 Å². The molecule has 0 radical (unpaired) electrons. The van der Waals surface area contributed by atoms with E-state index in [4.69, 9.17) is 4.42 Å². The second-order valence-electron chi connectivity index (χ2n) is 7.35. The Hall–Kier alpha value is -1.32. The first kappa shape index (κ1) is 14.3. The van der Waals surface area contributed by atoms with Crippen molar-refractivity contribution in [2.45, 2.75) is 76.7 Å². The van der Waals surface area contributed by atoms with Crippen LogP contribution in [0.25, 0.3) is 0 Å². The van der Waals surface area contributed by atoms with Crippen LogP contribution in [0, 0.1) is 12.8 Å². The maximum atomic E-state index is 13.1. The van der Waals surface area contributed by atoms with Crippen LogP contribution >= 0.6 is 0 Å². The van der Waals surface area contributed by atoms with Gasteiger partial charge in [0.1, 0.15) is 0 Å². The molecule has 1 aliphatic heterocycles. The SMILES string of the molecule is Cc1nc(C2CC2)oc1C(=O)N1CCCC[C@H]2CCCC[C@@H]21. The van der Waals surface area contributed by atoms with Crippen LogP contribution in [0.5, 0.6) is 0 Å². The lowest BCUT2D eigenvalue weighted by Gasteiger charge is -2.37. The van der Waals surface area contributed by atoms with E-state index in [2.05, 4.69) is 9.88 Å². The van der Waals surface area contributed by atoms with E-state index in [1.54, 1.807) is 0 Å². The minimum Gasteiger partial charge on any atom is -0.435 e. The van der Waals surface area contributed by atoms with Crippen molar-refractivity contribution in [1.82, 2.24) is 9.88 Å². The normalized spacial score (nSPS) is 29.0. The largest absolute Gasteiger partial charge is 0.435 e. The number of hydrogen-bond donors (Lipinski definition) is 0. The zero-order valence-electron chi connectivity index (χ0n) is 13.5. The first-order chi connectivity index (χ1) is 10.7. The summed E-state index contributed by atoms with van der Waals surface area (Å²) >= 11 is 0. The van der Waals surface area contributed by atoms with Gasteiger partial charge in [-0.1, -0.05) is 19.3 Å². The predicted molar refractivity (Wildman–Crippen MR) is 83.8 cm³/mol. The molecule has 0 N–H and O–H groups in total. The lowest BCUT2D eigenvalue weighted by atomic mass is 9.81. The Morgan fingerprint density at radius 2 is 1.82 bits per heavy atom. The molecule has 4 rings (SSSR count). The van der Waals surface area contributed by atoms with Gasteiger partial charge in [-0.3, -0.25) is 4.79 Å². The van der Waals surface area contributed by atoms with Gasteiger partial charge in [-0.05, 0) is 51.4 Å². The van der Waals surface area contributed by atoms with Crippen LogP contribution < -0.4 is 0 Å². The van der Waals surface area contributed by atoms with Gasteiger partial charge < -0.3 is 9.32 Å². The summed E-state index contributed by atoms with van der Waals surface area (Å²) in [4.78, 5) is 19.7. The van der Waals surface area contributed by atoms with Crippen LogP contribution in [-0.2, 0) is 0 Å². The standard InChI is InChI=1S/C18H26N2O2/c1-12-16(22-17(19-12)14-9-10-14)18(21)20-11-5-4-7-13-6-2-3-8-15(13)20/h13-15H,2-11H2,1H3/t13-,15+/m1/s1. The van der Waals surface area contributed by atoms with Gasteiger partial charge in [-0.25, -0.2) is 4.98 Å². The highest BCUT2D eigenvalue weighted by Crippen LogP contribution is 2.41. The van der Waals surface area contributed by atoms with E-state index >= 15 is 0 Å². The number of likely N-dealkylation sites (tertiary alicyclic amines) is 1. The zero-order valence-corrected chi connectivity index (χ0v) is 13.5. The Labute approximate surface area is 132 Å². The molecule has 0 aromatic carbocycles. The molecule has 2 heterocycles. The van der Waals surface area contributed by atoms with E-state index in [0.717, 1.165) is 37.4 Å². The van der Waals surface area contributed by atoms with Gasteiger partial charge >= 0.3 is 0 Å². The van der Waals surface area contributed by atoms with Crippen molar-refractivity contribution in [3.8, 4) is 0 Å². The predicted octanol–water partition coefficient (Wildman–Crippen LogP) is 4.05. The van der Waals surface area contributed by atoms with Crippen LogP contribution in [-0.4, -0.2) is 28.4 Å². The fraction of sp³-hybridized carbons (Fsp3) is 0.778. The summed E-state index contributed by atoms with van der Waals surface area (Å²) in [5.74, 6) is 2.55. The summed E-state index contributed by atoms with van der Waals surface area (Å²) < 4.78 is 5.87. The third-order valence-corrected chi connectivity index (χ3v) is 5.69. The molecule has 4 nitrogen and oxygen atoms in total. The second-order valence-corrected chi connectivity index (χ2v) is 7.35. The van der Waals surface area contributed by atoms with Gasteiger partial charge in [0.25, 0.3) is 5.91 Å². The number of fused-ring (bicyclic) bond motifs is 1. The summed E-state index contributed by atoms with van der Waals surface area (Å²) in [7, 11) is 0. The molecule has 22 heavy (non-hydrogen) atoms. The molecule has 2 saturated carbocycles. The molecule has 4 heteroatoms. The van der Waals surface area contributed by atoms with Crippen molar-refractivity contribution in [3.05, 3.63) is 17.3 Å². The van der Waals surface area contributed by atoms with Crippen molar-refractivity contribution >= 4 is 5.91 Å². The number of oxazole rings is 1. The Balaban J connectivity index is 1.59. The Morgan fingerprint density at radius 3 is 2.59 bits per heavy atom. The maximum Gasteiger partial charge on any atom is 0.291 e. The van der Waals surface area contributed by atoms with Gasteiger partial charge in [-0.15, -0.1) is 0 Å². The average molecular weight is 302 g/mol. The number of aromatic nitrogens is 1. The smallest absolute Gasteiger partial charge is 0.291 e. The maximum absolute atomic E-state index is 13.1. The van der Waals surface area contributed by atoms with E-state index in [1.165, 1.54) is 38.5 Å². The van der Waals surface area contributed by atoms with Crippen LogP contribution in [0.2, 0.25) is 0 Å². The second kappa shape index (κ2) is 5.71. The Kier molecular flexibility index (Phi) is 3.71. The molecule has 0 unspecified atom stereocenters. The highest BCUT2D eigenvalue weighted by molar-refractivity contribution is 5.92. The van der Waals surface area contributed by atoms with Crippen molar-refractivity contribution in [1.29, 1.82) is 0 Å². The highest BCUT2D eigenvalue weighted by atomic mass is 16.4. The van der Waals surface area contributed by atoms with E-state index in [0.29, 0.717) is 23.6 Å². The van der Waals surface area contributed by atoms with E-state index in [1.807, 2.05) is 6.92 Å². The van der Waals surface area contributed by atoms with Crippen LogP contribution in [0.15, 0.2) is 4.42 Å². The molecule has 0 spiro atoms. The summed E-state index contributed by atoms with van der Waals surface area (Å²) in [6.45, 7) is 2.80. The Morgan fingerprint density at radius 1 is 1.09 bits per heavy atom. The van der Waals surface area contributed by atoms with Gasteiger partial charge in [0.05, 0.1) is 5.69 Å². The molecule has 2 aliphatic carbocycles. The van der Waals surface area contributed by atoms with Crippen LogP contribution in [0.3, 0.4) is 0 Å². The molecule has 3 aliphatic rings. The molecule has 1 aromatic rings. The van der Waals surface area contributed by atoms with Crippen LogP contribution in [0.1, 0.15) is 85.8 Å². The molecule has 1 saturated heterocycles. The third-order valence-electron chi connectivity index (χ3n) is 5.69. The third kappa shape index (κ3) is 2.57. The highest BCUT2D eigenvalue weighted by Gasteiger charge is 2.37. The molecule has 1 aromatic heterocycles. The minimum absolute atomic E-state index is 0.0932. The average Bonchev–Trinajstić information content (AvgIpc) is 3.32. The number of carbonyl (C=O) groups is 1. The first-order valence-corrected chi connectivity index (χ1v) is 9.02. The van der Waals surface area contributed by atoms with Gasteiger partial charge in [0, 0.05) is 18.5 Å². The summed E-state index contributed by atoms with van der Waals surface area (Å²) in [6.07, 6.45) is 11.0. The number of carbonyl (C=O) groups excluding carboxylic acids is 1. The minimum atomic E-state index is 0.0932. The lowest BCUT2D eigenvalue weighted by Crippen LogP contribution is -2.45. The number of rotatable bonds is 2. The number of nitrogens with zero attached hydrogens (tertiary/aromatic N) is 2. The zero-order chi connectivity index (χ0) is 15.1. The monoisotopic (exact) mass is 302 g/mol. The van der Waals surface area contributed by atoms with E-state index in [-0.39, 0.29) is 5.91 Å². The fourth-order valence-corrected chi connectivity index (χ4v) is 4.29. The number of hydrogen-bond acceptors (Lipinski definition) is 3. The topological polar surface area (TPSA) is 46.3 Å². The molecular weight excluding hydrogens is 276 g/mol. The number of amides is 1. The van der Waals surface area contributed by atoms with Crippen molar-refractivity contribution in [3.63, 3.8) is 0 Å². The molecule has 0 bridgehead atoms. The van der Waals surface area contributed by atoms with Crippen molar-refractivity contribution < 1.29 is 9.21 Å². The molecule has 3 fully saturated rings. The summed E-state index contributed by atoms with van der Waals surface area (Å²) in [5.41, 5.74) is 0.781. The fourth-order valence-electron chi connectivity index (χ4n) is 4.29.